The summed E-state index contributed by atoms with van der Waals surface area (Å²) in [5.74, 6) is 0. The molecule has 4 heteroatoms. The highest BCUT2D eigenvalue weighted by molar-refractivity contribution is 5.49. The zero-order valence-corrected chi connectivity index (χ0v) is 9.00. The van der Waals surface area contributed by atoms with Crippen molar-refractivity contribution >= 4 is 5.69 Å². The molecule has 1 aliphatic carbocycles. The monoisotopic (exact) mass is 214 g/mol. The van der Waals surface area contributed by atoms with Crippen molar-refractivity contribution in [3.63, 3.8) is 0 Å². The van der Waals surface area contributed by atoms with Crippen molar-refractivity contribution in [3.8, 4) is 5.69 Å². The SMILES string of the molecule is c1cnn(-c2ccc(NC3CCC3)cc2)n1. The van der Waals surface area contributed by atoms with Crippen LogP contribution in [0.2, 0.25) is 0 Å². The summed E-state index contributed by atoms with van der Waals surface area (Å²) in [6.45, 7) is 0. The van der Waals surface area contributed by atoms with Gasteiger partial charge in [0, 0.05) is 11.7 Å². The molecule has 1 aliphatic rings. The van der Waals surface area contributed by atoms with Gasteiger partial charge in [0.25, 0.3) is 0 Å². The van der Waals surface area contributed by atoms with Crippen molar-refractivity contribution in [3.05, 3.63) is 36.7 Å². The normalized spacial score (nSPS) is 15.8. The Bertz CT molecular complexity index is 442. The summed E-state index contributed by atoms with van der Waals surface area (Å²) in [5, 5.41) is 11.7. The second-order valence-corrected chi connectivity index (χ2v) is 4.14. The maximum absolute atomic E-state index is 4.09. The molecule has 1 aromatic heterocycles. The van der Waals surface area contributed by atoms with Gasteiger partial charge in [0.2, 0.25) is 0 Å². The van der Waals surface area contributed by atoms with Gasteiger partial charge in [-0.2, -0.15) is 15.0 Å². The summed E-state index contributed by atoms with van der Waals surface area (Å²) in [6.07, 6.45) is 7.30. The zero-order chi connectivity index (χ0) is 10.8. The van der Waals surface area contributed by atoms with E-state index in [-0.39, 0.29) is 0 Å². The van der Waals surface area contributed by atoms with Crippen molar-refractivity contribution in [2.75, 3.05) is 5.32 Å². The molecule has 82 valence electrons. The number of nitrogens with zero attached hydrogens (tertiary/aromatic N) is 3. The molecule has 0 saturated heterocycles. The van der Waals surface area contributed by atoms with E-state index in [1.807, 2.05) is 12.1 Å². The first-order chi connectivity index (χ1) is 7.92. The molecule has 0 bridgehead atoms. The number of hydrogen-bond donors (Lipinski definition) is 1. The van der Waals surface area contributed by atoms with Gasteiger partial charge in [-0.3, -0.25) is 0 Å². The van der Waals surface area contributed by atoms with Gasteiger partial charge in [-0.25, -0.2) is 0 Å². The van der Waals surface area contributed by atoms with E-state index >= 15 is 0 Å². The smallest absolute Gasteiger partial charge is 0.0858 e. The Morgan fingerprint density at radius 3 is 2.31 bits per heavy atom. The number of nitrogens with one attached hydrogen (secondary N) is 1. The third-order valence-electron chi connectivity index (χ3n) is 2.99. The van der Waals surface area contributed by atoms with Gasteiger partial charge in [0.1, 0.15) is 0 Å². The summed E-state index contributed by atoms with van der Waals surface area (Å²) in [7, 11) is 0. The minimum absolute atomic E-state index is 0.675. The van der Waals surface area contributed by atoms with Crippen LogP contribution >= 0.6 is 0 Å². The summed E-state index contributed by atoms with van der Waals surface area (Å²) >= 11 is 0. The highest BCUT2D eigenvalue weighted by Crippen LogP contribution is 2.23. The topological polar surface area (TPSA) is 42.7 Å². The fourth-order valence-corrected chi connectivity index (χ4v) is 1.83. The zero-order valence-electron chi connectivity index (χ0n) is 9.00. The molecule has 2 aromatic rings. The van der Waals surface area contributed by atoms with Crippen LogP contribution in [-0.4, -0.2) is 21.0 Å². The molecule has 0 atom stereocenters. The summed E-state index contributed by atoms with van der Waals surface area (Å²) in [5.41, 5.74) is 2.17. The van der Waals surface area contributed by atoms with Gasteiger partial charge >= 0.3 is 0 Å². The van der Waals surface area contributed by atoms with Gasteiger partial charge in [-0.15, -0.1) is 0 Å². The van der Waals surface area contributed by atoms with Crippen molar-refractivity contribution in [2.24, 2.45) is 0 Å². The lowest BCUT2D eigenvalue weighted by atomic mass is 9.93. The molecule has 1 saturated carbocycles. The molecule has 1 N–H and O–H groups in total. The lowest BCUT2D eigenvalue weighted by molar-refractivity contribution is 0.445. The van der Waals surface area contributed by atoms with E-state index in [9.17, 15) is 0 Å². The van der Waals surface area contributed by atoms with E-state index in [0.717, 1.165) is 5.69 Å². The second-order valence-electron chi connectivity index (χ2n) is 4.14. The van der Waals surface area contributed by atoms with Crippen molar-refractivity contribution in [1.82, 2.24) is 15.0 Å². The Hall–Kier alpha value is -1.84. The molecule has 16 heavy (non-hydrogen) atoms. The minimum Gasteiger partial charge on any atom is -0.382 e. The van der Waals surface area contributed by atoms with Crippen LogP contribution in [0.4, 0.5) is 5.69 Å². The number of aromatic nitrogens is 3. The second kappa shape index (κ2) is 3.96. The van der Waals surface area contributed by atoms with E-state index in [2.05, 4.69) is 27.6 Å². The molecule has 0 spiro atoms. The lowest BCUT2D eigenvalue weighted by Crippen LogP contribution is -2.26. The first kappa shape index (κ1) is 9.39. The quantitative estimate of drug-likeness (QED) is 0.852. The Balaban J connectivity index is 1.74. The third-order valence-corrected chi connectivity index (χ3v) is 2.99. The maximum atomic E-state index is 4.09. The van der Waals surface area contributed by atoms with Crippen LogP contribution < -0.4 is 5.32 Å². The molecule has 0 radical (unpaired) electrons. The summed E-state index contributed by atoms with van der Waals surface area (Å²) < 4.78 is 0. The van der Waals surface area contributed by atoms with Crippen LogP contribution in [0.1, 0.15) is 19.3 Å². The molecule has 1 aromatic carbocycles. The average molecular weight is 214 g/mol. The van der Waals surface area contributed by atoms with Crippen molar-refractivity contribution in [1.29, 1.82) is 0 Å². The number of rotatable bonds is 3. The highest BCUT2D eigenvalue weighted by atomic mass is 15.5. The molecule has 1 fully saturated rings. The van der Waals surface area contributed by atoms with E-state index in [4.69, 9.17) is 0 Å². The molecule has 3 rings (SSSR count). The van der Waals surface area contributed by atoms with Crippen LogP contribution in [0.5, 0.6) is 0 Å². The fourth-order valence-electron chi connectivity index (χ4n) is 1.83. The first-order valence-corrected chi connectivity index (χ1v) is 5.65. The van der Waals surface area contributed by atoms with Gasteiger partial charge < -0.3 is 5.32 Å². The van der Waals surface area contributed by atoms with Gasteiger partial charge in [-0.1, -0.05) is 0 Å². The standard InChI is InChI=1S/C12H14N4/c1-2-10(3-1)15-11-4-6-12(7-5-11)16-13-8-9-14-16/h4-10,15H,1-3H2. The van der Waals surface area contributed by atoms with Crippen molar-refractivity contribution in [2.45, 2.75) is 25.3 Å². The van der Waals surface area contributed by atoms with E-state index in [1.165, 1.54) is 24.9 Å². The first-order valence-electron chi connectivity index (χ1n) is 5.65. The third kappa shape index (κ3) is 1.78. The maximum Gasteiger partial charge on any atom is 0.0858 e. The van der Waals surface area contributed by atoms with Gasteiger partial charge in [-0.05, 0) is 43.5 Å². The van der Waals surface area contributed by atoms with Gasteiger partial charge in [0.05, 0.1) is 18.1 Å². The molecule has 0 aliphatic heterocycles. The molecule has 1 heterocycles. The average Bonchev–Trinajstić information content (AvgIpc) is 2.78. The highest BCUT2D eigenvalue weighted by Gasteiger charge is 2.16. The lowest BCUT2D eigenvalue weighted by Gasteiger charge is -2.27. The Morgan fingerprint density at radius 2 is 1.75 bits per heavy atom. The number of anilines is 1. The number of hydrogen-bond acceptors (Lipinski definition) is 3. The van der Waals surface area contributed by atoms with Crippen LogP contribution in [-0.2, 0) is 0 Å². The van der Waals surface area contributed by atoms with E-state index < -0.39 is 0 Å². The van der Waals surface area contributed by atoms with Crippen LogP contribution in [0.3, 0.4) is 0 Å². The number of benzene rings is 1. The van der Waals surface area contributed by atoms with Crippen LogP contribution in [0.25, 0.3) is 5.69 Å². The summed E-state index contributed by atoms with van der Waals surface area (Å²) in [6, 6.07) is 8.89. The molecular formula is C12H14N4. The fraction of sp³-hybridized carbons (Fsp3) is 0.333. The molecule has 0 amide bonds. The largest absolute Gasteiger partial charge is 0.382 e. The Morgan fingerprint density at radius 1 is 1.06 bits per heavy atom. The van der Waals surface area contributed by atoms with Crippen LogP contribution in [0.15, 0.2) is 36.7 Å². The summed E-state index contributed by atoms with van der Waals surface area (Å²) in [4.78, 5) is 1.62. The minimum atomic E-state index is 0.675. The molecular weight excluding hydrogens is 200 g/mol. The van der Waals surface area contributed by atoms with Crippen LogP contribution in [0, 0.1) is 0 Å². The van der Waals surface area contributed by atoms with Crippen molar-refractivity contribution < 1.29 is 0 Å². The Labute approximate surface area is 94.3 Å². The van der Waals surface area contributed by atoms with E-state index in [0.29, 0.717) is 6.04 Å². The van der Waals surface area contributed by atoms with Gasteiger partial charge in [0.15, 0.2) is 0 Å². The Kier molecular flexibility index (Phi) is 2.33. The predicted octanol–water partition coefficient (Wildman–Crippen LogP) is 2.23. The predicted molar refractivity (Wildman–Crippen MR) is 62.6 cm³/mol. The molecule has 4 nitrogen and oxygen atoms in total. The van der Waals surface area contributed by atoms with E-state index in [1.54, 1.807) is 17.2 Å². The molecule has 0 unspecified atom stereocenters.